The van der Waals surface area contributed by atoms with Gasteiger partial charge in [-0.1, -0.05) is 30.3 Å². The number of carbonyl (C=O) groups is 2. The Morgan fingerprint density at radius 2 is 1.62 bits per heavy atom. The van der Waals surface area contributed by atoms with Crippen LogP contribution >= 0.6 is 0 Å². The number of hydrogen-bond acceptors (Lipinski definition) is 3. The highest BCUT2D eigenvalue weighted by molar-refractivity contribution is 6.14. The van der Waals surface area contributed by atoms with Crippen LogP contribution in [0.4, 0.5) is 11.4 Å². The molecule has 5 heteroatoms. The lowest BCUT2D eigenvalue weighted by molar-refractivity contribution is -0.136. The monoisotopic (exact) mass is 321 g/mol. The predicted molar refractivity (Wildman–Crippen MR) is 93.4 cm³/mol. The van der Waals surface area contributed by atoms with Crippen molar-refractivity contribution in [3.8, 4) is 6.07 Å². The molecule has 0 unspecified atom stereocenters. The lowest BCUT2D eigenvalue weighted by Gasteiger charge is -2.28. The van der Waals surface area contributed by atoms with Gasteiger partial charge in [0.1, 0.15) is 11.5 Å². The number of rotatable bonds is 4. The maximum atomic E-state index is 12.8. The summed E-state index contributed by atoms with van der Waals surface area (Å²) in [5.41, 5.74) is 0.173. The second-order valence-corrected chi connectivity index (χ2v) is 5.94. The van der Waals surface area contributed by atoms with Crippen LogP contribution in [0.1, 0.15) is 19.4 Å². The van der Waals surface area contributed by atoms with E-state index in [-0.39, 0.29) is 5.91 Å². The first-order valence-corrected chi connectivity index (χ1v) is 7.51. The Bertz CT molecular complexity index is 792. The van der Waals surface area contributed by atoms with Crippen molar-refractivity contribution < 1.29 is 9.59 Å². The zero-order valence-electron chi connectivity index (χ0n) is 13.9. The van der Waals surface area contributed by atoms with Crippen LogP contribution in [0.2, 0.25) is 0 Å². The molecule has 0 radical (unpaired) electrons. The summed E-state index contributed by atoms with van der Waals surface area (Å²) in [5.74, 6) is -0.793. The van der Waals surface area contributed by atoms with E-state index in [1.54, 1.807) is 57.3 Å². The van der Waals surface area contributed by atoms with Gasteiger partial charge in [0.2, 0.25) is 11.8 Å². The van der Waals surface area contributed by atoms with Crippen LogP contribution in [0.25, 0.3) is 0 Å². The summed E-state index contributed by atoms with van der Waals surface area (Å²) in [7, 11) is 1.63. The number of nitrogens with one attached hydrogen (secondary N) is 1. The molecule has 0 saturated heterocycles. The van der Waals surface area contributed by atoms with Gasteiger partial charge in [0.05, 0.1) is 11.3 Å². The predicted octanol–water partition coefficient (Wildman–Crippen LogP) is 3.19. The number of carbonyl (C=O) groups excluding carboxylic acids is 2. The van der Waals surface area contributed by atoms with E-state index in [9.17, 15) is 9.59 Å². The van der Waals surface area contributed by atoms with Crippen molar-refractivity contribution in [1.29, 1.82) is 5.26 Å². The molecule has 24 heavy (non-hydrogen) atoms. The molecule has 0 fully saturated rings. The van der Waals surface area contributed by atoms with Crippen LogP contribution in [0.15, 0.2) is 54.6 Å². The van der Waals surface area contributed by atoms with E-state index in [2.05, 4.69) is 5.32 Å². The van der Waals surface area contributed by atoms with Gasteiger partial charge in [-0.25, -0.2) is 0 Å². The zero-order valence-corrected chi connectivity index (χ0v) is 13.9. The number of benzene rings is 2. The molecular formula is C19H19N3O2. The Morgan fingerprint density at radius 3 is 2.25 bits per heavy atom. The molecule has 2 rings (SSSR count). The Balaban J connectivity index is 2.21. The molecule has 0 spiro atoms. The van der Waals surface area contributed by atoms with Crippen molar-refractivity contribution in [3.05, 3.63) is 60.2 Å². The van der Waals surface area contributed by atoms with Crippen LogP contribution in [-0.2, 0) is 9.59 Å². The first-order chi connectivity index (χ1) is 11.4. The molecule has 1 N–H and O–H groups in total. The van der Waals surface area contributed by atoms with Gasteiger partial charge < -0.3 is 10.2 Å². The quantitative estimate of drug-likeness (QED) is 0.879. The van der Waals surface area contributed by atoms with E-state index in [4.69, 9.17) is 5.26 Å². The van der Waals surface area contributed by atoms with E-state index in [0.29, 0.717) is 16.9 Å². The lowest BCUT2D eigenvalue weighted by atomic mass is 9.90. The molecule has 2 amide bonds. The maximum absolute atomic E-state index is 12.8. The van der Waals surface area contributed by atoms with Crippen LogP contribution < -0.4 is 10.2 Å². The fourth-order valence-electron chi connectivity index (χ4n) is 2.25. The fraction of sp³-hybridized carbons (Fsp3) is 0.211. The molecule has 2 aromatic rings. The van der Waals surface area contributed by atoms with Crippen molar-refractivity contribution >= 4 is 23.2 Å². The normalized spacial score (nSPS) is 10.6. The molecule has 5 nitrogen and oxygen atoms in total. The van der Waals surface area contributed by atoms with E-state index < -0.39 is 11.3 Å². The lowest BCUT2D eigenvalue weighted by Crippen LogP contribution is -2.46. The molecule has 0 aromatic heterocycles. The van der Waals surface area contributed by atoms with Crippen LogP contribution in [0, 0.1) is 16.7 Å². The minimum atomic E-state index is -1.28. The van der Waals surface area contributed by atoms with Crippen molar-refractivity contribution in [2.24, 2.45) is 5.41 Å². The summed E-state index contributed by atoms with van der Waals surface area (Å²) in [4.78, 5) is 26.8. The van der Waals surface area contributed by atoms with Gasteiger partial charge in [0.25, 0.3) is 0 Å². The number of nitrogens with zero attached hydrogens (tertiary/aromatic N) is 2. The first kappa shape index (κ1) is 17.2. The third kappa shape index (κ3) is 3.44. The summed E-state index contributed by atoms with van der Waals surface area (Å²) in [6.07, 6.45) is 0. The molecule has 0 saturated carbocycles. The Kier molecular flexibility index (Phi) is 5.00. The standard InChI is InChI=1S/C19H19N3O2/c1-19(2,18(24)22(3)15-10-5-4-6-11-15)17(23)21-16-12-8-7-9-14(16)13-20/h4-12H,1-3H3,(H,21,23). The number of para-hydroxylation sites is 2. The van der Waals surface area contributed by atoms with E-state index >= 15 is 0 Å². The summed E-state index contributed by atoms with van der Waals surface area (Å²) in [6.45, 7) is 3.14. The van der Waals surface area contributed by atoms with Gasteiger partial charge in [0, 0.05) is 12.7 Å². The average molecular weight is 321 g/mol. The molecule has 0 heterocycles. The SMILES string of the molecule is CN(C(=O)C(C)(C)C(=O)Nc1ccccc1C#N)c1ccccc1. The third-order valence-electron chi connectivity index (χ3n) is 3.85. The molecule has 2 aromatic carbocycles. The van der Waals surface area contributed by atoms with Gasteiger partial charge in [-0.3, -0.25) is 9.59 Å². The van der Waals surface area contributed by atoms with Crippen LogP contribution in [-0.4, -0.2) is 18.9 Å². The van der Waals surface area contributed by atoms with Crippen molar-refractivity contribution in [3.63, 3.8) is 0 Å². The highest BCUT2D eigenvalue weighted by Gasteiger charge is 2.38. The second kappa shape index (κ2) is 6.97. The molecule has 0 aliphatic heterocycles. The average Bonchev–Trinajstić information content (AvgIpc) is 2.61. The van der Waals surface area contributed by atoms with Gasteiger partial charge in [-0.15, -0.1) is 0 Å². The van der Waals surface area contributed by atoms with E-state index in [0.717, 1.165) is 0 Å². The fourth-order valence-corrected chi connectivity index (χ4v) is 2.25. The number of hydrogen-bond donors (Lipinski definition) is 1. The summed E-state index contributed by atoms with van der Waals surface area (Å²) in [6, 6.07) is 17.8. The van der Waals surface area contributed by atoms with Gasteiger partial charge >= 0.3 is 0 Å². The van der Waals surface area contributed by atoms with Gasteiger partial charge in [-0.05, 0) is 38.1 Å². The highest BCUT2D eigenvalue weighted by atomic mass is 16.2. The smallest absolute Gasteiger partial charge is 0.241 e. The van der Waals surface area contributed by atoms with Crippen LogP contribution in [0.5, 0.6) is 0 Å². The van der Waals surface area contributed by atoms with Gasteiger partial charge in [-0.2, -0.15) is 5.26 Å². The molecule has 0 bridgehead atoms. The minimum Gasteiger partial charge on any atom is -0.324 e. The third-order valence-corrected chi connectivity index (χ3v) is 3.85. The maximum Gasteiger partial charge on any atom is 0.241 e. The van der Waals surface area contributed by atoms with Gasteiger partial charge in [0.15, 0.2) is 0 Å². The molecule has 0 atom stereocenters. The minimum absolute atomic E-state index is 0.333. The van der Waals surface area contributed by atoms with E-state index in [1.807, 2.05) is 24.3 Å². The summed E-state index contributed by atoms with van der Waals surface area (Å²) < 4.78 is 0. The van der Waals surface area contributed by atoms with Crippen molar-refractivity contribution in [2.75, 3.05) is 17.3 Å². The summed E-state index contributed by atoms with van der Waals surface area (Å²) >= 11 is 0. The zero-order chi connectivity index (χ0) is 17.7. The van der Waals surface area contributed by atoms with Crippen LogP contribution in [0.3, 0.4) is 0 Å². The topological polar surface area (TPSA) is 73.2 Å². The molecule has 0 aliphatic rings. The Morgan fingerprint density at radius 1 is 1.04 bits per heavy atom. The van der Waals surface area contributed by atoms with Crippen molar-refractivity contribution in [2.45, 2.75) is 13.8 Å². The highest BCUT2D eigenvalue weighted by Crippen LogP contribution is 2.25. The van der Waals surface area contributed by atoms with E-state index in [1.165, 1.54) is 4.90 Å². The summed E-state index contributed by atoms with van der Waals surface area (Å²) in [5, 5.41) is 11.8. The second-order valence-electron chi connectivity index (χ2n) is 5.94. The largest absolute Gasteiger partial charge is 0.324 e. The Hall–Kier alpha value is -3.13. The molecule has 0 aliphatic carbocycles. The Labute approximate surface area is 141 Å². The first-order valence-electron chi connectivity index (χ1n) is 7.51. The number of amides is 2. The number of nitriles is 1. The van der Waals surface area contributed by atoms with Crippen molar-refractivity contribution in [1.82, 2.24) is 0 Å². The number of anilines is 2. The molecular weight excluding hydrogens is 302 g/mol. The molecule has 122 valence electrons.